The quantitative estimate of drug-likeness (QED) is 0.891. The van der Waals surface area contributed by atoms with Crippen LogP contribution in [-0.2, 0) is 12.8 Å². The largest absolute Gasteiger partial charge is 0.393 e. The van der Waals surface area contributed by atoms with Crippen LogP contribution in [0.4, 0.5) is 5.82 Å². The van der Waals surface area contributed by atoms with Crippen LogP contribution in [0.5, 0.6) is 0 Å². The molecule has 3 rings (SSSR count). The number of aromatic nitrogens is 2. The van der Waals surface area contributed by atoms with E-state index in [1.807, 2.05) is 12.1 Å². The van der Waals surface area contributed by atoms with E-state index < -0.39 is 0 Å². The molecular formula is C18H23N3O. The maximum absolute atomic E-state index is 9.84. The van der Waals surface area contributed by atoms with Gasteiger partial charge in [-0.05, 0) is 37.2 Å². The molecule has 3 atom stereocenters. The first-order valence-electron chi connectivity index (χ1n) is 8.00. The van der Waals surface area contributed by atoms with E-state index in [2.05, 4.69) is 46.5 Å². The maximum Gasteiger partial charge on any atom is 0.129 e. The molecule has 4 heteroatoms. The molecule has 1 saturated carbocycles. The monoisotopic (exact) mass is 297 g/mol. The summed E-state index contributed by atoms with van der Waals surface area (Å²) in [5.41, 5.74) is 2.37. The highest BCUT2D eigenvalue weighted by Crippen LogP contribution is 2.27. The molecule has 2 aromatic rings. The number of aliphatic hydroxyl groups is 1. The van der Waals surface area contributed by atoms with Crippen molar-refractivity contribution in [2.45, 2.75) is 44.8 Å². The van der Waals surface area contributed by atoms with Gasteiger partial charge < -0.3 is 10.4 Å². The van der Waals surface area contributed by atoms with E-state index in [0.717, 1.165) is 37.2 Å². The van der Waals surface area contributed by atoms with E-state index in [9.17, 15) is 5.11 Å². The number of aliphatic hydroxyl groups excluding tert-OH is 1. The van der Waals surface area contributed by atoms with E-state index in [4.69, 9.17) is 0 Å². The molecule has 0 amide bonds. The lowest BCUT2D eigenvalue weighted by molar-refractivity contribution is 0.141. The Kier molecular flexibility index (Phi) is 4.68. The summed E-state index contributed by atoms with van der Waals surface area (Å²) in [5, 5.41) is 13.3. The lowest BCUT2D eigenvalue weighted by Crippen LogP contribution is -2.17. The van der Waals surface area contributed by atoms with Crippen molar-refractivity contribution >= 4 is 5.82 Å². The molecular weight excluding hydrogens is 274 g/mol. The lowest BCUT2D eigenvalue weighted by Gasteiger charge is -2.13. The highest BCUT2D eigenvalue weighted by molar-refractivity contribution is 5.36. The number of anilines is 1. The molecule has 0 aliphatic heterocycles. The van der Waals surface area contributed by atoms with Crippen molar-refractivity contribution in [1.29, 1.82) is 0 Å². The fourth-order valence-electron chi connectivity index (χ4n) is 3.08. The molecule has 1 heterocycles. The minimum absolute atomic E-state index is 0.197. The fraction of sp³-hybridized carbons (Fsp3) is 0.444. The number of aryl methyl sites for hydroxylation is 2. The second-order valence-electron chi connectivity index (χ2n) is 6.24. The number of nitrogens with one attached hydrogen (secondary N) is 1. The molecule has 0 radical (unpaired) electrons. The van der Waals surface area contributed by atoms with Gasteiger partial charge in [-0.3, -0.25) is 0 Å². The summed E-state index contributed by atoms with van der Waals surface area (Å²) in [7, 11) is 0. The van der Waals surface area contributed by atoms with Crippen molar-refractivity contribution in [2.75, 3.05) is 5.32 Å². The van der Waals surface area contributed by atoms with E-state index in [1.165, 1.54) is 5.56 Å². The van der Waals surface area contributed by atoms with Gasteiger partial charge in [-0.15, -0.1) is 0 Å². The molecule has 22 heavy (non-hydrogen) atoms. The first kappa shape index (κ1) is 15.0. The molecule has 1 aliphatic carbocycles. The average Bonchev–Trinajstić information content (AvgIpc) is 2.84. The molecule has 0 unspecified atom stereocenters. The van der Waals surface area contributed by atoms with Crippen molar-refractivity contribution in [3.8, 4) is 0 Å². The lowest BCUT2D eigenvalue weighted by atomic mass is 10.1. The zero-order chi connectivity index (χ0) is 15.4. The van der Waals surface area contributed by atoms with Crippen molar-refractivity contribution in [3.05, 3.63) is 54.0 Å². The van der Waals surface area contributed by atoms with Gasteiger partial charge in [-0.2, -0.15) is 0 Å². The predicted molar refractivity (Wildman–Crippen MR) is 87.7 cm³/mol. The fourth-order valence-corrected chi connectivity index (χ4v) is 3.08. The van der Waals surface area contributed by atoms with E-state index >= 15 is 0 Å². The summed E-state index contributed by atoms with van der Waals surface area (Å²) in [6.07, 6.45) is 5.10. The molecule has 1 aromatic carbocycles. The Morgan fingerprint density at radius 1 is 1.14 bits per heavy atom. The van der Waals surface area contributed by atoms with Crippen LogP contribution in [0, 0.1) is 5.92 Å². The Labute approximate surface area is 131 Å². The average molecular weight is 297 g/mol. The van der Waals surface area contributed by atoms with Crippen molar-refractivity contribution < 1.29 is 5.11 Å². The highest BCUT2D eigenvalue weighted by atomic mass is 16.3. The molecule has 2 N–H and O–H groups in total. The third-order valence-electron chi connectivity index (χ3n) is 4.43. The van der Waals surface area contributed by atoms with Gasteiger partial charge in [0.1, 0.15) is 12.1 Å². The van der Waals surface area contributed by atoms with Crippen LogP contribution in [0.1, 0.15) is 31.0 Å². The van der Waals surface area contributed by atoms with Gasteiger partial charge in [0.15, 0.2) is 0 Å². The third-order valence-corrected chi connectivity index (χ3v) is 4.43. The predicted octanol–water partition coefficient (Wildman–Crippen LogP) is 2.83. The molecule has 0 saturated heterocycles. The van der Waals surface area contributed by atoms with E-state index in [1.54, 1.807) is 6.33 Å². The van der Waals surface area contributed by atoms with Crippen molar-refractivity contribution in [2.24, 2.45) is 5.92 Å². The minimum Gasteiger partial charge on any atom is -0.393 e. The third kappa shape index (κ3) is 3.83. The Bertz CT molecular complexity index is 592. The van der Waals surface area contributed by atoms with Crippen molar-refractivity contribution in [1.82, 2.24) is 9.97 Å². The second kappa shape index (κ2) is 6.88. The molecule has 0 spiro atoms. The Morgan fingerprint density at radius 3 is 2.68 bits per heavy atom. The standard InChI is InChI=1S/C18H23N3O/c1-13-9-16(10-17(13)22)21-18-11-15(19-12-20-18)8-7-14-5-3-2-4-6-14/h2-6,11-13,16-17,22H,7-10H2,1H3,(H,19,20,21)/t13-,16+,17-/m0/s1. The van der Waals surface area contributed by atoms with Gasteiger partial charge in [0.2, 0.25) is 0 Å². The minimum atomic E-state index is -0.197. The topological polar surface area (TPSA) is 58.0 Å². The van der Waals surface area contributed by atoms with E-state index in [-0.39, 0.29) is 6.10 Å². The van der Waals surface area contributed by atoms with Gasteiger partial charge in [-0.1, -0.05) is 37.3 Å². The van der Waals surface area contributed by atoms with Crippen LogP contribution < -0.4 is 5.32 Å². The highest BCUT2D eigenvalue weighted by Gasteiger charge is 2.29. The van der Waals surface area contributed by atoms with Crippen LogP contribution >= 0.6 is 0 Å². The molecule has 4 nitrogen and oxygen atoms in total. The van der Waals surface area contributed by atoms with Crippen LogP contribution in [0.3, 0.4) is 0 Å². The second-order valence-corrected chi connectivity index (χ2v) is 6.24. The summed E-state index contributed by atoms with van der Waals surface area (Å²) in [6.45, 7) is 2.09. The zero-order valence-electron chi connectivity index (χ0n) is 12.9. The summed E-state index contributed by atoms with van der Waals surface area (Å²) in [5.74, 6) is 1.22. The van der Waals surface area contributed by atoms with Crippen LogP contribution in [0.25, 0.3) is 0 Å². The summed E-state index contributed by atoms with van der Waals surface area (Å²) < 4.78 is 0. The number of nitrogens with zero attached hydrogens (tertiary/aromatic N) is 2. The van der Waals surface area contributed by atoms with Crippen LogP contribution in [-0.4, -0.2) is 27.2 Å². The van der Waals surface area contributed by atoms with Gasteiger partial charge in [0, 0.05) is 17.8 Å². The Hall–Kier alpha value is -1.94. The van der Waals surface area contributed by atoms with Crippen LogP contribution in [0.15, 0.2) is 42.7 Å². The summed E-state index contributed by atoms with van der Waals surface area (Å²) >= 11 is 0. The first-order valence-corrected chi connectivity index (χ1v) is 8.00. The first-order chi connectivity index (χ1) is 10.7. The van der Waals surface area contributed by atoms with Gasteiger partial charge in [0.25, 0.3) is 0 Å². The zero-order valence-corrected chi connectivity index (χ0v) is 12.9. The Morgan fingerprint density at radius 2 is 1.95 bits per heavy atom. The van der Waals surface area contributed by atoms with Crippen molar-refractivity contribution in [3.63, 3.8) is 0 Å². The number of hydrogen-bond acceptors (Lipinski definition) is 4. The number of hydrogen-bond donors (Lipinski definition) is 2. The summed E-state index contributed by atoms with van der Waals surface area (Å²) in [6, 6.07) is 12.8. The normalized spacial score (nSPS) is 24.4. The molecule has 0 bridgehead atoms. The Balaban J connectivity index is 1.58. The SMILES string of the molecule is C[C@H]1C[C@@H](Nc2cc(CCc3ccccc3)ncn2)C[C@@H]1O. The molecule has 1 fully saturated rings. The summed E-state index contributed by atoms with van der Waals surface area (Å²) in [4.78, 5) is 8.66. The van der Waals surface area contributed by atoms with Crippen LogP contribution in [0.2, 0.25) is 0 Å². The van der Waals surface area contributed by atoms with Gasteiger partial charge in [-0.25, -0.2) is 9.97 Å². The van der Waals surface area contributed by atoms with Gasteiger partial charge in [0.05, 0.1) is 6.10 Å². The number of benzene rings is 1. The molecule has 116 valence electrons. The van der Waals surface area contributed by atoms with E-state index in [0.29, 0.717) is 12.0 Å². The molecule has 1 aromatic heterocycles. The molecule has 1 aliphatic rings. The number of rotatable bonds is 5. The maximum atomic E-state index is 9.84. The van der Waals surface area contributed by atoms with Gasteiger partial charge >= 0.3 is 0 Å². The smallest absolute Gasteiger partial charge is 0.129 e.